The highest BCUT2D eigenvalue weighted by atomic mass is 15.3. The number of hydrogen-bond donors (Lipinski definition) is 1. The van der Waals surface area contributed by atoms with E-state index >= 15 is 0 Å². The van der Waals surface area contributed by atoms with Crippen LogP contribution in [0, 0.1) is 6.92 Å². The molecule has 1 heterocycles. The Labute approximate surface area is 66.2 Å². The summed E-state index contributed by atoms with van der Waals surface area (Å²) in [5, 5.41) is 4.27. The van der Waals surface area contributed by atoms with E-state index in [1.54, 1.807) is 0 Å². The predicted octanol–water partition coefficient (Wildman–Crippen LogP) is 0.543. The van der Waals surface area contributed by atoms with Gasteiger partial charge in [-0.15, -0.1) is 0 Å². The van der Waals surface area contributed by atoms with Gasteiger partial charge in [-0.2, -0.15) is 5.10 Å². The van der Waals surface area contributed by atoms with E-state index in [0.29, 0.717) is 12.0 Å². The van der Waals surface area contributed by atoms with Crippen LogP contribution in [-0.2, 0) is 7.05 Å². The van der Waals surface area contributed by atoms with Gasteiger partial charge in [-0.05, 0) is 19.4 Å². The van der Waals surface area contributed by atoms with Crippen molar-refractivity contribution in [1.82, 2.24) is 9.78 Å². The summed E-state index contributed by atoms with van der Waals surface area (Å²) in [5.41, 5.74) is 8.11. The van der Waals surface area contributed by atoms with Gasteiger partial charge in [0.1, 0.15) is 0 Å². The summed E-state index contributed by atoms with van der Waals surface area (Å²) in [4.78, 5) is 0. The predicted molar refractivity (Wildman–Crippen MR) is 43.3 cm³/mol. The second-order valence-electron chi connectivity index (χ2n) is 3.34. The van der Waals surface area contributed by atoms with Crippen LogP contribution < -0.4 is 5.73 Å². The minimum atomic E-state index is 0.379. The Hall–Kier alpha value is -0.830. The van der Waals surface area contributed by atoms with Gasteiger partial charge in [0, 0.05) is 24.7 Å². The maximum atomic E-state index is 5.74. The average Bonchev–Trinajstić information content (AvgIpc) is 2.52. The normalized spacial score (nSPS) is 29.0. The van der Waals surface area contributed by atoms with Crippen molar-refractivity contribution in [3.63, 3.8) is 0 Å². The number of aromatic nitrogens is 2. The smallest absolute Gasteiger partial charge is 0.0596 e. The Balaban J connectivity index is 2.30. The fourth-order valence-corrected chi connectivity index (χ4v) is 1.53. The largest absolute Gasteiger partial charge is 0.327 e. The highest BCUT2D eigenvalue weighted by Crippen LogP contribution is 2.38. The topological polar surface area (TPSA) is 43.8 Å². The Bertz CT molecular complexity index is 277. The molecule has 3 heteroatoms. The number of aryl methyl sites for hydroxylation is 2. The van der Waals surface area contributed by atoms with Gasteiger partial charge < -0.3 is 5.73 Å². The minimum absolute atomic E-state index is 0.379. The highest BCUT2D eigenvalue weighted by molar-refractivity contribution is 5.22. The molecule has 0 bridgehead atoms. The van der Waals surface area contributed by atoms with Gasteiger partial charge in [0.15, 0.2) is 0 Å². The number of hydrogen-bond acceptors (Lipinski definition) is 2. The summed E-state index contributed by atoms with van der Waals surface area (Å²) in [6, 6.07) is 2.50. The lowest BCUT2D eigenvalue weighted by molar-refractivity contribution is 0.701. The van der Waals surface area contributed by atoms with Crippen molar-refractivity contribution in [3.8, 4) is 0 Å². The first-order valence-electron chi connectivity index (χ1n) is 3.94. The molecular weight excluding hydrogens is 138 g/mol. The lowest BCUT2D eigenvalue weighted by atomic mass is 10.2. The lowest BCUT2D eigenvalue weighted by Gasteiger charge is -1.96. The molecule has 1 fully saturated rings. The molecule has 11 heavy (non-hydrogen) atoms. The number of nitrogens with zero attached hydrogens (tertiary/aromatic N) is 2. The molecule has 0 aromatic carbocycles. The average molecular weight is 151 g/mol. The Kier molecular flexibility index (Phi) is 1.29. The fraction of sp³-hybridized carbons (Fsp3) is 0.625. The van der Waals surface area contributed by atoms with Crippen LogP contribution in [0.1, 0.15) is 23.7 Å². The van der Waals surface area contributed by atoms with Crippen LogP contribution in [-0.4, -0.2) is 15.8 Å². The van der Waals surface area contributed by atoms with Crippen LogP contribution >= 0.6 is 0 Å². The van der Waals surface area contributed by atoms with E-state index in [0.717, 1.165) is 12.1 Å². The summed E-state index contributed by atoms with van der Waals surface area (Å²) in [5.74, 6) is 0.571. The molecule has 2 unspecified atom stereocenters. The van der Waals surface area contributed by atoms with Gasteiger partial charge in [-0.25, -0.2) is 0 Å². The first-order valence-corrected chi connectivity index (χ1v) is 3.94. The Morgan fingerprint density at radius 1 is 1.73 bits per heavy atom. The van der Waals surface area contributed by atoms with Crippen LogP contribution in [0.3, 0.4) is 0 Å². The zero-order chi connectivity index (χ0) is 8.01. The molecular formula is C8H13N3. The molecule has 2 atom stereocenters. The van der Waals surface area contributed by atoms with E-state index in [4.69, 9.17) is 5.73 Å². The zero-order valence-corrected chi connectivity index (χ0v) is 6.91. The minimum Gasteiger partial charge on any atom is -0.327 e. The molecule has 2 rings (SSSR count). The van der Waals surface area contributed by atoms with Gasteiger partial charge in [0.05, 0.1) is 5.69 Å². The molecule has 0 saturated heterocycles. The van der Waals surface area contributed by atoms with Crippen molar-refractivity contribution >= 4 is 0 Å². The molecule has 0 aliphatic heterocycles. The molecule has 1 saturated carbocycles. The van der Waals surface area contributed by atoms with Crippen LogP contribution in [0.5, 0.6) is 0 Å². The third-order valence-corrected chi connectivity index (χ3v) is 2.26. The first kappa shape index (κ1) is 6.85. The van der Waals surface area contributed by atoms with E-state index in [9.17, 15) is 0 Å². The van der Waals surface area contributed by atoms with Gasteiger partial charge in [0.25, 0.3) is 0 Å². The van der Waals surface area contributed by atoms with E-state index in [-0.39, 0.29) is 0 Å². The summed E-state index contributed by atoms with van der Waals surface area (Å²) >= 11 is 0. The van der Waals surface area contributed by atoms with E-state index in [1.165, 1.54) is 5.69 Å². The molecule has 3 nitrogen and oxygen atoms in total. The highest BCUT2D eigenvalue weighted by Gasteiger charge is 2.37. The quantitative estimate of drug-likeness (QED) is 0.636. The van der Waals surface area contributed by atoms with Crippen molar-refractivity contribution in [2.75, 3.05) is 0 Å². The lowest BCUT2D eigenvalue weighted by Crippen LogP contribution is -2.04. The summed E-state index contributed by atoms with van der Waals surface area (Å²) in [7, 11) is 1.98. The van der Waals surface area contributed by atoms with Crippen LogP contribution in [0.4, 0.5) is 0 Å². The molecule has 1 aromatic heterocycles. The van der Waals surface area contributed by atoms with Crippen molar-refractivity contribution in [2.45, 2.75) is 25.3 Å². The number of rotatable bonds is 1. The van der Waals surface area contributed by atoms with Gasteiger partial charge in [0.2, 0.25) is 0 Å². The van der Waals surface area contributed by atoms with E-state index < -0.39 is 0 Å². The van der Waals surface area contributed by atoms with Crippen molar-refractivity contribution in [1.29, 1.82) is 0 Å². The molecule has 0 spiro atoms. The van der Waals surface area contributed by atoms with E-state index in [1.807, 2.05) is 18.7 Å². The number of nitrogens with two attached hydrogens (primary N) is 1. The maximum Gasteiger partial charge on any atom is 0.0596 e. The van der Waals surface area contributed by atoms with Crippen LogP contribution in [0.25, 0.3) is 0 Å². The molecule has 1 aliphatic rings. The molecule has 1 aliphatic carbocycles. The molecule has 0 amide bonds. The Morgan fingerprint density at radius 3 is 2.73 bits per heavy atom. The summed E-state index contributed by atoms with van der Waals surface area (Å²) < 4.78 is 1.94. The van der Waals surface area contributed by atoms with Crippen LogP contribution in [0.2, 0.25) is 0 Å². The van der Waals surface area contributed by atoms with Gasteiger partial charge in [-0.1, -0.05) is 0 Å². The van der Waals surface area contributed by atoms with Crippen molar-refractivity contribution < 1.29 is 0 Å². The van der Waals surface area contributed by atoms with Gasteiger partial charge >= 0.3 is 0 Å². The second kappa shape index (κ2) is 2.08. The third kappa shape index (κ3) is 1.05. The van der Waals surface area contributed by atoms with Crippen molar-refractivity contribution in [3.05, 3.63) is 17.5 Å². The zero-order valence-electron chi connectivity index (χ0n) is 6.91. The van der Waals surface area contributed by atoms with Crippen LogP contribution in [0.15, 0.2) is 6.07 Å². The fourth-order valence-electron chi connectivity index (χ4n) is 1.53. The molecule has 1 aromatic rings. The van der Waals surface area contributed by atoms with Gasteiger partial charge in [-0.3, -0.25) is 4.68 Å². The molecule has 2 N–H and O–H groups in total. The monoisotopic (exact) mass is 151 g/mol. The first-order chi connectivity index (χ1) is 5.18. The van der Waals surface area contributed by atoms with Crippen molar-refractivity contribution in [2.24, 2.45) is 12.8 Å². The third-order valence-electron chi connectivity index (χ3n) is 2.26. The maximum absolute atomic E-state index is 5.74. The summed E-state index contributed by atoms with van der Waals surface area (Å²) in [6.45, 7) is 2.01. The Morgan fingerprint density at radius 2 is 2.36 bits per heavy atom. The molecule has 0 radical (unpaired) electrons. The SMILES string of the molecule is Cc1cc(C2CC2N)n(C)n1. The van der Waals surface area contributed by atoms with E-state index in [2.05, 4.69) is 11.2 Å². The second-order valence-corrected chi connectivity index (χ2v) is 3.34. The summed E-state index contributed by atoms with van der Waals surface area (Å²) in [6.07, 6.45) is 1.12. The molecule has 60 valence electrons. The standard InChI is InChI=1S/C8H13N3/c1-5-3-8(11(2)10-5)6-4-7(6)9/h3,6-7H,4,9H2,1-2H3.